The van der Waals surface area contributed by atoms with Crippen LogP contribution in [0.3, 0.4) is 0 Å². The highest BCUT2D eigenvalue weighted by molar-refractivity contribution is 5.87. The number of carbonyl (C=O) groups excluding carboxylic acids is 1. The molecule has 1 aliphatic carbocycles. The standard InChI is InChI=1S/C13H19N3O2/c1-13(5-3-4-6-13)9-15-11-8-14-7-10(16-11)12(17)18-2/h7-8H,3-6,9H2,1-2H3,(H,15,16). The highest BCUT2D eigenvalue weighted by atomic mass is 16.5. The molecule has 0 saturated heterocycles. The fourth-order valence-electron chi connectivity index (χ4n) is 2.36. The minimum Gasteiger partial charge on any atom is -0.464 e. The maximum Gasteiger partial charge on any atom is 0.358 e. The number of methoxy groups -OCH3 is 1. The Morgan fingerprint density at radius 3 is 2.83 bits per heavy atom. The van der Waals surface area contributed by atoms with Crippen molar-refractivity contribution in [1.29, 1.82) is 0 Å². The lowest BCUT2D eigenvalue weighted by atomic mass is 9.89. The summed E-state index contributed by atoms with van der Waals surface area (Å²) in [6.07, 6.45) is 8.12. The number of nitrogens with zero attached hydrogens (tertiary/aromatic N) is 2. The average molecular weight is 249 g/mol. The molecule has 0 unspecified atom stereocenters. The second kappa shape index (κ2) is 5.33. The highest BCUT2D eigenvalue weighted by Crippen LogP contribution is 2.37. The Morgan fingerprint density at radius 2 is 2.17 bits per heavy atom. The van der Waals surface area contributed by atoms with Gasteiger partial charge in [0.05, 0.1) is 19.5 Å². The van der Waals surface area contributed by atoms with Gasteiger partial charge in [-0.05, 0) is 18.3 Å². The van der Waals surface area contributed by atoms with Gasteiger partial charge in [-0.25, -0.2) is 9.78 Å². The Bertz CT molecular complexity index is 428. The van der Waals surface area contributed by atoms with Crippen LogP contribution in [0.4, 0.5) is 5.82 Å². The Hall–Kier alpha value is -1.65. The number of hydrogen-bond donors (Lipinski definition) is 1. The summed E-state index contributed by atoms with van der Waals surface area (Å²) in [6, 6.07) is 0. The van der Waals surface area contributed by atoms with Crippen LogP contribution in [-0.4, -0.2) is 29.6 Å². The number of esters is 1. The van der Waals surface area contributed by atoms with Crippen LogP contribution in [0.1, 0.15) is 43.1 Å². The summed E-state index contributed by atoms with van der Waals surface area (Å²) in [7, 11) is 1.34. The predicted molar refractivity (Wildman–Crippen MR) is 68.4 cm³/mol. The van der Waals surface area contributed by atoms with E-state index in [2.05, 4.69) is 26.9 Å². The van der Waals surface area contributed by atoms with E-state index in [0.29, 0.717) is 11.2 Å². The van der Waals surface area contributed by atoms with Crippen LogP contribution in [0.25, 0.3) is 0 Å². The summed E-state index contributed by atoms with van der Waals surface area (Å²) in [6.45, 7) is 3.15. The Balaban J connectivity index is 1.99. The predicted octanol–water partition coefficient (Wildman–Crippen LogP) is 2.26. The van der Waals surface area contributed by atoms with E-state index in [9.17, 15) is 4.79 Å². The first-order chi connectivity index (χ1) is 8.63. The fourth-order valence-corrected chi connectivity index (χ4v) is 2.36. The highest BCUT2D eigenvalue weighted by Gasteiger charge is 2.28. The van der Waals surface area contributed by atoms with Gasteiger partial charge >= 0.3 is 5.97 Å². The normalized spacial score (nSPS) is 17.4. The summed E-state index contributed by atoms with van der Waals surface area (Å²) >= 11 is 0. The minimum absolute atomic E-state index is 0.235. The molecule has 0 amide bonds. The molecule has 5 heteroatoms. The van der Waals surface area contributed by atoms with Crippen molar-refractivity contribution in [2.75, 3.05) is 19.0 Å². The van der Waals surface area contributed by atoms with Crippen molar-refractivity contribution < 1.29 is 9.53 Å². The third kappa shape index (κ3) is 2.97. The quantitative estimate of drug-likeness (QED) is 0.829. The van der Waals surface area contributed by atoms with Crippen molar-refractivity contribution in [3.05, 3.63) is 18.1 Å². The van der Waals surface area contributed by atoms with E-state index in [1.54, 1.807) is 6.20 Å². The van der Waals surface area contributed by atoms with Gasteiger partial charge in [0.25, 0.3) is 0 Å². The molecular weight excluding hydrogens is 230 g/mol. The van der Waals surface area contributed by atoms with E-state index < -0.39 is 5.97 Å². The Morgan fingerprint density at radius 1 is 1.44 bits per heavy atom. The van der Waals surface area contributed by atoms with Crippen molar-refractivity contribution >= 4 is 11.8 Å². The number of anilines is 1. The van der Waals surface area contributed by atoms with Crippen LogP contribution < -0.4 is 5.32 Å². The molecule has 2 rings (SSSR count). The molecular formula is C13H19N3O2. The van der Waals surface area contributed by atoms with Gasteiger partial charge in [0.1, 0.15) is 5.82 Å². The number of ether oxygens (including phenoxy) is 1. The van der Waals surface area contributed by atoms with E-state index in [4.69, 9.17) is 0 Å². The summed E-state index contributed by atoms with van der Waals surface area (Å²) < 4.78 is 4.62. The maximum atomic E-state index is 11.3. The molecule has 1 aromatic heterocycles. The first kappa shape index (κ1) is 12.8. The molecule has 5 nitrogen and oxygen atoms in total. The molecule has 0 aromatic carbocycles. The van der Waals surface area contributed by atoms with Gasteiger partial charge in [-0.3, -0.25) is 4.98 Å². The van der Waals surface area contributed by atoms with Crippen molar-refractivity contribution in [3.63, 3.8) is 0 Å². The van der Waals surface area contributed by atoms with E-state index >= 15 is 0 Å². The minimum atomic E-state index is -0.460. The summed E-state index contributed by atoms with van der Waals surface area (Å²) in [5, 5.41) is 3.27. The van der Waals surface area contributed by atoms with Gasteiger partial charge in [0, 0.05) is 6.54 Å². The second-order valence-electron chi connectivity index (χ2n) is 5.15. The molecule has 1 heterocycles. The van der Waals surface area contributed by atoms with Crippen molar-refractivity contribution in [2.45, 2.75) is 32.6 Å². The van der Waals surface area contributed by atoms with Gasteiger partial charge in [-0.1, -0.05) is 19.8 Å². The molecule has 0 bridgehead atoms. The van der Waals surface area contributed by atoms with Crippen LogP contribution in [0.2, 0.25) is 0 Å². The zero-order valence-electron chi connectivity index (χ0n) is 10.9. The summed E-state index contributed by atoms with van der Waals surface area (Å²) in [4.78, 5) is 19.5. The average Bonchev–Trinajstić information content (AvgIpc) is 2.83. The lowest BCUT2D eigenvalue weighted by Gasteiger charge is -2.23. The van der Waals surface area contributed by atoms with Crippen molar-refractivity contribution in [1.82, 2.24) is 9.97 Å². The van der Waals surface area contributed by atoms with Crippen LogP contribution in [0.15, 0.2) is 12.4 Å². The smallest absolute Gasteiger partial charge is 0.358 e. The van der Waals surface area contributed by atoms with E-state index in [-0.39, 0.29) is 5.69 Å². The lowest BCUT2D eigenvalue weighted by Crippen LogP contribution is -2.23. The summed E-state index contributed by atoms with van der Waals surface area (Å²) in [5.74, 6) is 0.171. The first-order valence-electron chi connectivity index (χ1n) is 6.27. The molecule has 1 fully saturated rings. The summed E-state index contributed by atoms with van der Waals surface area (Å²) in [5.41, 5.74) is 0.572. The van der Waals surface area contributed by atoms with Gasteiger partial charge in [0.2, 0.25) is 0 Å². The van der Waals surface area contributed by atoms with Gasteiger partial charge in [-0.2, -0.15) is 0 Å². The van der Waals surface area contributed by atoms with E-state index in [1.165, 1.54) is 39.0 Å². The molecule has 1 saturated carbocycles. The van der Waals surface area contributed by atoms with Crippen LogP contribution >= 0.6 is 0 Å². The maximum absolute atomic E-state index is 11.3. The molecule has 0 spiro atoms. The molecule has 1 aliphatic rings. The van der Waals surface area contributed by atoms with Crippen LogP contribution in [0.5, 0.6) is 0 Å². The van der Waals surface area contributed by atoms with Crippen molar-refractivity contribution in [2.24, 2.45) is 5.41 Å². The fraction of sp³-hybridized carbons (Fsp3) is 0.615. The zero-order valence-corrected chi connectivity index (χ0v) is 10.9. The van der Waals surface area contributed by atoms with Crippen LogP contribution in [0, 0.1) is 5.41 Å². The molecule has 0 atom stereocenters. The van der Waals surface area contributed by atoms with Gasteiger partial charge < -0.3 is 10.1 Å². The second-order valence-corrected chi connectivity index (χ2v) is 5.15. The van der Waals surface area contributed by atoms with Crippen molar-refractivity contribution in [3.8, 4) is 0 Å². The molecule has 1 aromatic rings. The number of rotatable bonds is 4. The molecule has 1 N–H and O–H groups in total. The molecule has 0 aliphatic heterocycles. The third-order valence-corrected chi connectivity index (χ3v) is 3.54. The monoisotopic (exact) mass is 249 g/mol. The third-order valence-electron chi connectivity index (χ3n) is 3.54. The number of nitrogens with one attached hydrogen (secondary N) is 1. The Kier molecular flexibility index (Phi) is 3.79. The van der Waals surface area contributed by atoms with Gasteiger partial charge in [-0.15, -0.1) is 0 Å². The number of aromatic nitrogens is 2. The Labute approximate surface area is 107 Å². The lowest BCUT2D eigenvalue weighted by molar-refractivity contribution is 0.0593. The largest absolute Gasteiger partial charge is 0.464 e. The number of hydrogen-bond acceptors (Lipinski definition) is 5. The zero-order chi connectivity index (χ0) is 13.0. The molecule has 0 radical (unpaired) electrons. The van der Waals surface area contributed by atoms with E-state index in [0.717, 1.165) is 6.54 Å². The van der Waals surface area contributed by atoms with Crippen LogP contribution in [-0.2, 0) is 4.74 Å². The SMILES string of the molecule is COC(=O)c1cncc(NCC2(C)CCCC2)n1. The van der Waals surface area contributed by atoms with E-state index in [1.807, 2.05) is 0 Å². The topological polar surface area (TPSA) is 64.1 Å². The van der Waals surface area contributed by atoms with Gasteiger partial charge in [0.15, 0.2) is 5.69 Å². The first-order valence-corrected chi connectivity index (χ1v) is 6.27. The molecule has 18 heavy (non-hydrogen) atoms. The molecule has 98 valence electrons. The number of carbonyl (C=O) groups is 1.